The molecule has 2 aliphatic rings. The highest BCUT2D eigenvalue weighted by atomic mass is 16.5. The SMILES string of the molecule is C[C@H](OC(=O)[C@H](C)N1C(=O)[C@H]2CCCC[C@@H]2C1=O)C(=O)Nc1ccccc1. The molecule has 0 unspecified atom stereocenters. The molecule has 3 amide bonds. The van der Waals surface area contributed by atoms with Crippen molar-refractivity contribution in [2.24, 2.45) is 11.8 Å². The maximum Gasteiger partial charge on any atom is 0.329 e. The number of likely N-dealkylation sites (tertiary alicyclic amines) is 1. The number of carbonyl (C=O) groups is 4. The molecule has 3 rings (SSSR count). The number of rotatable bonds is 5. The van der Waals surface area contributed by atoms with Gasteiger partial charge in [-0.2, -0.15) is 0 Å². The third-order valence-electron chi connectivity index (χ3n) is 5.31. The van der Waals surface area contributed by atoms with Gasteiger partial charge in [-0.15, -0.1) is 0 Å². The summed E-state index contributed by atoms with van der Waals surface area (Å²) in [5.41, 5.74) is 0.590. The number of amides is 3. The molecule has 1 aromatic carbocycles. The first-order valence-electron chi connectivity index (χ1n) is 9.33. The minimum absolute atomic E-state index is 0.296. The van der Waals surface area contributed by atoms with E-state index in [1.165, 1.54) is 13.8 Å². The minimum Gasteiger partial charge on any atom is -0.451 e. The average Bonchev–Trinajstić information content (AvgIpc) is 2.93. The average molecular weight is 372 g/mol. The van der Waals surface area contributed by atoms with E-state index in [0.29, 0.717) is 18.5 Å². The van der Waals surface area contributed by atoms with E-state index in [2.05, 4.69) is 5.32 Å². The third-order valence-corrected chi connectivity index (χ3v) is 5.31. The molecule has 0 bridgehead atoms. The highest BCUT2D eigenvalue weighted by Gasteiger charge is 2.51. The van der Waals surface area contributed by atoms with Crippen molar-refractivity contribution in [2.45, 2.75) is 51.7 Å². The zero-order chi connectivity index (χ0) is 19.6. The molecule has 0 aromatic heterocycles. The van der Waals surface area contributed by atoms with E-state index in [4.69, 9.17) is 4.74 Å². The maximum atomic E-state index is 12.6. The first kappa shape index (κ1) is 19.1. The van der Waals surface area contributed by atoms with Gasteiger partial charge in [-0.3, -0.25) is 19.3 Å². The van der Waals surface area contributed by atoms with E-state index in [1.54, 1.807) is 24.3 Å². The topological polar surface area (TPSA) is 92.8 Å². The summed E-state index contributed by atoms with van der Waals surface area (Å²) < 4.78 is 5.21. The second kappa shape index (κ2) is 7.90. The number of para-hydroxylation sites is 1. The summed E-state index contributed by atoms with van der Waals surface area (Å²) in [6.07, 6.45) is 2.16. The van der Waals surface area contributed by atoms with Crippen LogP contribution in [-0.4, -0.2) is 40.7 Å². The standard InChI is InChI=1S/C20H24N2O5/c1-12(22-18(24)15-10-6-7-11-16(15)19(22)25)20(26)27-13(2)17(23)21-14-8-4-3-5-9-14/h3-5,8-9,12-13,15-16H,6-7,10-11H2,1-2H3,(H,21,23)/t12-,13-,15-,16-/m0/s1. The van der Waals surface area contributed by atoms with Gasteiger partial charge in [-0.1, -0.05) is 31.0 Å². The van der Waals surface area contributed by atoms with Crippen molar-refractivity contribution >= 4 is 29.4 Å². The van der Waals surface area contributed by atoms with Gasteiger partial charge in [0.1, 0.15) is 6.04 Å². The van der Waals surface area contributed by atoms with E-state index in [1.807, 2.05) is 6.07 Å². The van der Waals surface area contributed by atoms with Crippen molar-refractivity contribution in [1.29, 1.82) is 0 Å². The predicted molar refractivity (Wildman–Crippen MR) is 97.4 cm³/mol. The second-order valence-electron chi connectivity index (χ2n) is 7.15. The number of anilines is 1. The Labute approximate surface area is 158 Å². The normalized spacial score (nSPS) is 24.1. The van der Waals surface area contributed by atoms with Crippen LogP contribution in [0.25, 0.3) is 0 Å². The number of imide groups is 1. The van der Waals surface area contributed by atoms with Crippen molar-refractivity contribution in [3.05, 3.63) is 30.3 Å². The molecule has 0 radical (unpaired) electrons. The molecule has 7 nitrogen and oxygen atoms in total. The van der Waals surface area contributed by atoms with Crippen LogP contribution in [0, 0.1) is 11.8 Å². The lowest BCUT2D eigenvalue weighted by atomic mass is 9.81. The summed E-state index contributed by atoms with van der Waals surface area (Å²) in [6, 6.07) is 7.78. The summed E-state index contributed by atoms with van der Waals surface area (Å²) >= 11 is 0. The van der Waals surface area contributed by atoms with Crippen LogP contribution in [0.3, 0.4) is 0 Å². The van der Waals surface area contributed by atoms with Gasteiger partial charge in [0.05, 0.1) is 11.8 Å². The molecule has 1 N–H and O–H groups in total. The molecule has 1 saturated heterocycles. The van der Waals surface area contributed by atoms with Gasteiger partial charge < -0.3 is 10.1 Å². The lowest BCUT2D eigenvalue weighted by Gasteiger charge is -2.23. The van der Waals surface area contributed by atoms with Crippen LogP contribution in [0.2, 0.25) is 0 Å². The number of ether oxygens (including phenoxy) is 1. The highest BCUT2D eigenvalue weighted by Crippen LogP contribution is 2.38. The number of hydrogen-bond donors (Lipinski definition) is 1. The van der Waals surface area contributed by atoms with Gasteiger partial charge in [0.2, 0.25) is 11.8 Å². The van der Waals surface area contributed by atoms with Gasteiger partial charge in [-0.25, -0.2) is 4.79 Å². The van der Waals surface area contributed by atoms with E-state index in [-0.39, 0.29) is 23.7 Å². The zero-order valence-electron chi connectivity index (χ0n) is 15.5. The largest absolute Gasteiger partial charge is 0.451 e. The van der Waals surface area contributed by atoms with Crippen molar-refractivity contribution < 1.29 is 23.9 Å². The fraction of sp³-hybridized carbons (Fsp3) is 0.500. The molecule has 1 aliphatic carbocycles. The van der Waals surface area contributed by atoms with Crippen LogP contribution >= 0.6 is 0 Å². The number of carbonyl (C=O) groups excluding carboxylic acids is 4. The molecule has 1 heterocycles. The van der Waals surface area contributed by atoms with Crippen LogP contribution in [0.5, 0.6) is 0 Å². The molecular formula is C20H24N2O5. The smallest absolute Gasteiger partial charge is 0.329 e. The lowest BCUT2D eigenvalue weighted by Crippen LogP contribution is -2.46. The van der Waals surface area contributed by atoms with Gasteiger partial charge >= 0.3 is 5.97 Å². The molecule has 1 saturated carbocycles. The summed E-state index contributed by atoms with van der Waals surface area (Å²) in [5, 5.41) is 2.65. The summed E-state index contributed by atoms with van der Waals surface area (Å²) in [4.78, 5) is 50.8. The molecule has 144 valence electrons. The number of nitrogens with zero attached hydrogens (tertiary/aromatic N) is 1. The van der Waals surface area contributed by atoms with E-state index < -0.39 is 24.0 Å². The Morgan fingerprint density at radius 1 is 1.04 bits per heavy atom. The number of hydrogen-bond acceptors (Lipinski definition) is 5. The second-order valence-corrected chi connectivity index (χ2v) is 7.15. The van der Waals surface area contributed by atoms with Gasteiger partial charge in [0, 0.05) is 5.69 Å². The molecule has 2 fully saturated rings. The fourth-order valence-corrected chi connectivity index (χ4v) is 3.77. The summed E-state index contributed by atoms with van der Waals surface area (Å²) in [7, 11) is 0. The molecule has 0 spiro atoms. The van der Waals surface area contributed by atoms with Crippen molar-refractivity contribution in [3.63, 3.8) is 0 Å². The molecule has 1 aliphatic heterocycles. The van der Waals surface area contributed by atoms with Crippen LogP contribution in [0.15, 0.2) is 30.3 Å². The number of fused-ring (bicyclic) bond motifs is 1. The van der Waals surface area contributed by atoms with Gasteiger partial charge in [0.15, 0.2) is 6.10 Å². The first-order valence-corrected chi connectivity index (χ1v) is 9.33. The Morgan fingerprint density at radius 2 is 1.59 bits per heavy atom. The fourth-order valence-electron chi connectivity index (χ4n) is 3.77. The summed E-state index contributed by atoms with van der Waals surface area (Å²) in [5.74, 6) is -2.47. The maximum absolute atomic E-state index is 12.6. The highest BCUT2D eigenvalue weighted by molar-refractivity contribution is 6.08. The Morgan fingerprint density at radius 3 is 2.15 bits per heavy atom. The quantitative estimate of drug-likeness (QED) is 0.631. The Kier molecular flexibility index (Phi) is 5.58. The minimum atomic E-state index is -1.05. The zero-order valence-corrected chi connectivity index (χ0v) is 15.5. The number of benzene rings is 1. The Hall–Kier alpha value is -2.70. The van der Waals surface area contributed by atoms with E-state index in [0.717, 1.165) is 17.7 Å². The monoisotopic (exact) mass is 372 g/mol. The Bertz CT molecular complexity index is 724. The van der Waals surface area contributed by atoms with Gasteiger partial charge in [0.25, 0.3) is 5.91 Å². The van der Waals surface area contributed by atoms with E-state index >= 15 is 0 Å². The summed E-state index contributed by atoms with van der Waals surface area (Å²) in [6.45, 7) is 2.92. The first-order chi connectivity index (χ1) is 12.9. The van der Waals surface area contributed by atoms with Crippen LogP contribution in [0.1, 0.15) is 39.5 Å². The lowest BCUT2D eigenvalue weighted by molar-refractivity contribution is -0.163. The molecule has 4 atom stereocenters. The van der Waals surface area contributed by atoms with Crippen molar-refractivity contribution in [3.8, 4) is 0 Å². The molecule has 7 heteroatoms. The van der Waals surface area contributed by atoms with Crippen LogP contribution in [-0.2, 0) is 23.9 Å². The predicted octanol–water partition coefficient (Wildman–Crippen LogP) is 2.12. The van der Waals surface area contributed by atoms with Crippen molar-refractivity contribution in [2.75, 3.05) is 5.32 Å². The Balaban J connectivity index is 1.61. The van der Waals surface area contributed by atoms with Crippen LogP contribution in [0.4, 0.5) is 5.69 Å². The molecular weight excluding hydrogens is 348 g/mol. The van der Waals surface area contributed by atoms with Crippen molar-refractivity contribution in [1.82, 2.24) is 4.90 Å². The van der Waals surface area contributed by atoms with Crippen LogP contribution < -0.4 is 5.32 Å². The number of nitrogens with one attached hydrogen (secondary N) is 1. The van der Waals surface area contributed by atoms with Gasteiger partial charge in [-0.05, 0) is 38.8 Å². The number of esters is 1. The molecule has 1 aromatic rings. The molecule has 27 heavy (non-hydrogen) atoms. The van der Waals surface area contributed by atoms with E-state index in [9.17, 15) is 19.2 Å². The third kappa shape index (κ3) is 3.86.